The standard InChI is InChI=1S/C21H25N3OS/c22-17-4-1-5-18(16-17)25-14-3-9-23-10-12-24(13-11-23)20-6-2-7-21-19(20)8-15-26-21/h1-2,4-8,15-16H,3,9-14,22H2. The number of rotatable bonds is 6. The largest absolute Gasteiger partial charge is 0.493 e. The van der Waals surface area contributed by atoms with Crippen molar-refractivity contribution in [3.05, 3.63) is 53.9 Å². The van der Waals surface area contributed by atoms with Crippen LogP contribution in [0.1, 0.15) is 6.42 Å². The van der Waals surface area contributed by atoms with Gasteiger partial charge in [-0.05, 0) is 42.1 Å². The van der Waals surface area contributed by atoms with Gasteiger partial charge in [-0.3, -0.25) is 4.90 Å². The van der Waals surface area contributed by atoms with Crippen molar-refractivity contribution in [2.75, 3.05) is 50.0 Å². The zero-order valence-electron chi connectivity index (χ0n) is 14.9. The number of fused-ring (bicyclic) bond motifs is 1. The number of ether oxygens (including phenoxy) is 1. The smallest absolute Gasteiger partial charge is 0.121 e. The van der Waals surface area contributed by atoms with Crippen LogP contribution in [0.15, 0.2) is 53.9 Å². The molecule has 1 fully saturated rings. The van der Waals surface area contributed by atoms with Crippen molar-refractivity contribution in [3.8, 4) is 5.75 Å². The second kappa shape index (κ2) is 7.98. The molecular weight excluding hydrogens is 342 g/mol. The molecule has 0 aliphatic carbocycles. The van der Waals surface area contributed by atoms with Crippen molar-refractivity contribution in [1.29, 1.82) is 0 Å². The highest BCUT2D eigenvalue weighted by molar-refractivity contribution is 7.17. The number of hydrogen-bond acceptors (Lipinski definition) is 5. The number of piperazine rings is 1. The highest BCUT2D eigenvalue weighted by atomic mass is 32.1. The SMILES string of the molecule is Nc1cccc(OCCCN2CCN(c3cccc4sccc34)CC2)c1. The minimum Gasteiger partial charge on any atom is -0.493 e. The first-order chi connectivity index (χ1) is 12.8. The van der Waals surface area contributed by atoms with Crippen molar-refractivity contribution >= 4 is 32.8 Å². The van der Waals surface area contributed by atoms with Crippen molar-refractivity contribution in [1.82, 2.24) is 4.90 Å². The third-order valence-corrected chi connectivity index (χ3v) is 5.81. The van der Waals surface area contributed by atoms with E-state index in [-0.39, 0.29) is 0 Å². The maximum Gasteiger partial charge on any atom is 0.121 e. The molecule has 3 aromatic rings. The van der Waals surface area contributed by atoms with Crippen LogP contribution >= 0.6 is 11.3 Å². The molecule has 2 aromatic carbocycles. The molecule has 1 saturated heterocycles. The minimum atomic E-state index is 0.734. The van der Waals surface area contributed by atoms with Crippen molar-refractivity contribution in [2.24, 2.45) is 0 Å². The van der Waals surface area contributed by atoms with E-state index in [9.17, 15) is 0 Å². The van der Waals surface area contributed by atoms with Gasteiger partial charge in [-0.25, -0.2) is 0 Å². The van der Waals surface area contributed by atoms with Crippen LogP contribution in [0, 0.1) is 0 Å². The van der Waals surface area contributed by atoms with Gasteiger partial charge < -0.3 is 15.4 Å². The van der Waals surface area contributed by atoms with Crippen LogP contribution in [0.25, 0.3) is 10.1 Å². The van der Waals surface area contributed by atoms with E-state index in [1.807, 2.05) is 35.6 Å². The summed E-state index contributed by atoms with van der Waals surface area (Å²) in [7, 11) is 0. The van der Waals surface area contributed by atoms with Crippen molar-refractivity contribution in [3.63, 3.8) is 0 Å². The van der Waals surface area contributed by atoms with Crippen LogP contribution < -0.4 is 15.4 Å². The van der Waals surface area contributed by atoms with Crippen molar-refractivity contribution in [2.45, 2.75) is 6.42 Å². The Labute approximate surface area is 158 Å². The van der Waals surface area contributed by atoms with Crippen LogP contribution in [-0.2, 0) is 0 Å². The molecule has 2 N–H and O–H groups in total. The van der Waals surface area contributed by atoms with Gasteiger partial charge in [0.15, 0.2) is 0 Å². The van der Waals surface area contributed by atoms with E-state index in [4.69, 9.17) is 10.5 Å². The molecular formula is C21H25N3OS. The van der Waals surface area contributed by atoms with Gasteiger partial charge in [-0.15, -0.1) is 11.3 Å². The number of nitrogen functional groups attached to an aromatic ring is 1. The van der Waals surface area contributed by atoms with Gasteiger partial charge in [0.25, 0.3) is 0 Å². The van der Waals surface area contributed by atoms with Gasteiger partial charge >= 0.3 is 0 Å². The van der Waals surface area contributed by atoms with E-state index in [1.54, 1.807) is 0 Å². The number of nitrogens with zero attached hydrogens (tertiary/aromatic N) is 2. The molecule has 4 rings (SSSR count). The van der Waals surface area contributed by atoms with Gasteiger partial charge in [-0.2, -0.15) is 0 Å². The molecule has 136 valence electrons. The van der Waals surface area contributed by atoms with E-state index in [2.05, 4.69) is 39.4 Å². The molecule has 4 nitrogen and oxygen atoms in total. The Morgan fingerprint density at radius 2 is 1.85 bits per heavy atom. The molecule has 0 saturated carbocycles. The number of thiophene rings is 1. The summed E-state index contributed by atoms with van der Waals surface area (Å²) in [5.41, 5.74) is 7.91. The van der Waals surface area contributed by atoms with Gasteiger partial charge in [0.05, 0.1) is 6.61 Å². The van der Waals surface area contributed by atoms with Crippen LogP contribution in [0.4, 0.5) is 11.4 Å². The molecule has 2 heterocycles. The molecule has 0 bridgehead atoms. The highest BCUT2D eigenvalue weighted by Gasteiger charge is 2.18. The van der Waals surface area contributed by atoms with Gasteiger partial charge in [0.1, 0.15) is 5.75 Å². The fourth-order valence-electron chi connectivity index (χ4n) is 3.55. The summed E-state index contributed by atoms with van der Waals surface area (Å²) in [4.78, 5) is 5.06. The topological polar surface area (TPSA) is 41.7 Å². The lowest BCUT2D eigenvalue weighted by molar-refractivity contribution is 0.225. The van der Waals surface area contributed by atoms with Gasteiger partial charge in [0, 0.05) is 60.3 Å². The molecule has 1 aliphatic heterocycles. The molecule has 26 heavy (non-hydrogen) atoms. The summed E-state index contributed by atoms with van der Waals surface area (Å²) >= 11 is 1.82. The molecule has 0 atom stereocenters. The van der Waals surface area contributed by atoms with Crippen LogP contribution in [0.5, 0.6) is 5.75 Å². The lowest BCUT2D eigenvalue weighted by Gasteiger charge is -2.36. The number of anilines is 2. The minimum absolute atomic E-state index is 0.734. The summed E-state index contributed by atoms with van der Waals surface area (Å²) in [5.74, 6) is 0.860. The van der Waals surface area contributed by atoms with Crippen molar-refractivity contribution < 1.29 is 4.74 Å². The lowest BCUT2D eigenvalue weighted by Crippen LogP contribution is -2.46. The molecule has 5 heteroatoms. The Bertz CT molecular complexity index is 855. The Morgan fingerprint density at radius 3 is 2.69 bits per heavy atom. The monoisotopic (exact) mass is 367 g/mol. The molecule has 1 aromatic heterocycles. The van der Waals surface area contributed by atoms with E-state index in [0.29, 0.717) is 0 Å². The Morgan fingerprint density at radius 1 is 1.00 bits per heavy atom. The predicted octanol–water partition coefficient (Wildman–Crippen LogP) is 4.07. The molecule has 0 spiro atoms. The average Bonchev–Trinajstić information content (AvgIpc) is 3.15. The molecule has 0 unspecified atom stereocenters. The van der Waals surface area contributed by atoms with E-state index < -0.39 is 0 Å². The normalized spacial score (nSPS) is 15.5. The summed E-state index contributed by atoms with van der Waals surface area (Å²) < 4.78 is 7.17. The molecule has 0 radical (unpaired) electrons. The predicted molar refractivity (Wildman–Crippen MR) is 111 cm³/mol. The first kappa shape index (κ1) is 17.2. The molecule has 1 aliphatic rings. The third kappa shape index (κ3) is 3.94. The van der Waals surface area contributed by atoms with Crippen LogP contribution in [0.3, 0.4) is 0 Å². The Kier molecular flexibility index (Phi) is 5.27. The fraction of sp³-hybridized carbons (Fsp3) is 0.333. The lowest BCUT2D eigenvalue weighted by atomic mass is 10.2. The zero-order chi connectivity index (χ0) is 17.8. The van der Waals surface area contributed by atoms with Gasteiger partial charge in [-0.1, -0.05) is 12.1 Å². The Hall–Kier alpha value is -2.24. The highest BCUT2D eigenvalue weighted by Crippen LogP contribution is 2.31. The van der Waals surface area contributed by atoms with E-state index in [1.165, 1.54) is 15.8 Å². The quantitative estimate of drug-likeness (QED) is 0.527. The second-order valence-corrected chi connectivity index (χ2v) is 7.66. The summed E-state index contributed by atoms with van der Waals surface area (Å²) in [6.07, 6.45) is 1.04. The summed E-state index contributed by atoms with van der Waals surface area (Å²) in [6, 6.07) is 16.5. The van der Waals surface area contributed by atoms with E-state index >= 15 is 0 Å². The summed E-state index contributed by atoms with van der Waals surface area (Å²) in [5, 5.41) is 3.58. The maximum atomic E-state index is 5.79. The third-order valence-electron chi connectivity index (χ3n) is 4.93. The van der Waals surface area contributed by atoms with E-state index in [0.717, 1.165) is 57.2 Å². The zero-order valence-corrected chi connectivity index (χ0v) is 15.8. The number of benzene rings is 2. The molecule has 0 amide bonds. The fourth-order valence-corrected chi connectivity index (χ4v) is 4.36. The summed E-state index contributed by atoms with van der Waals surface area (Å²) in [6.45, 7) is 6.21. The number of nitrogens with two attached hydrogens (primary N) is 1. The van der Waals surface area contributed by atoms with Crippen LogP contribution in [-0.4, -0.2) is 44.2 Å². The Balaban J connectivity index is 1.23. The first-order valence-corrected chi connectivity index (χ1v) is 10.1. The average molecular weight is 368 g/mol. The van der Waals surface area contributed by atoms with Crippen LogP contribution in [0.2, 0.25) is 0 Å². The second-order valence-electron chi connectivity index (χ2n) is 6.71. The number of hydrogen-bond donors (Lipinski definition) is 1. The first-order valence-electron chi connectivity index (χ1n) is 9.21. The van der Waals surface area contributed by atoms with Gasteiger partial charge in [0.2, 0.25) is 0 Å². The maximum absolute atomic E-state index is 5.79.